The van der Waals surface area contributed by atoms with Gasteiger partial charge in [-0.1, -0.05) is 35.9 Å². The molecule has 1 aliphatic heterocycles. The molecule has 0 radical (unpaired) electrons. The molecular formula is C18H18ClNO2. The first-order valence-electron chi connectivity index (χ1n) is 7.42. The number of carboxylic acid groups (broad SMARTS) is 1. The van der Waals surface area contributed by atoms with Gasteiger partial charge in [0.15, 0.2) is 0 Å². The quantitative estimate of drug-likeness (QED) is 0.926. The van der Waals surface area contributed by atoms with Gasteiger partial charge >= 0.3 is 5.97 Å². The van der Waals surface area contributed by atoms with Gasteiger partial charge in [0.2, 0.25) is 0 Å². The van der Waals surface area contributed by atoms with Crippen LogP contribution in [0.3, 0.4) is 0 Å². The Labute approximate surface area is 135 Å². The zero-order chi connectivity index (χ0) is 15.5. The Morgan fingerprint density at radius 3 is 2.82 bits per heavy atom. The van der Waals surface area contributed by atoms with Gasteiger partial charge < -0.3 is 5.11 Å². The van der Waals surface area contributed by atoms with E-state index < -0.39 is 5.97 Å². The predicted octanol–water partition coefficient (Wildman–Crippen LogP) is 4.03. The first kappa shape index (κ1) is 15.1. The number of carbonyl (C=O) groups is 1. The van der Waals surface area contributed by atoms with Crippen molar-refractivity contribution in [3.63, 3.8) is 0 Å². The summed E-state index contributed by atoms with van der Waals surface area (Å²) in [5.74, 6) is -0.374. The summed E-state index contributed by atoms with van der Waals surface area (Å²) in [6, 6.07) is 15.2. The maximum atomic E-state index is 11.0. The number of likely N-dealkylation sites (tertiary alicyclic amines) is 1. The molecule has 0 aliphatic carbocycles. The fourth-order valence-electron chi connectivity index (χ4n) is 3.07. The molecule has 0 bridgehead atoms. The fourth-order valence-corrected chi connectivity index (χ4v) is 3.27. The van der Waals surface area contributed by atoms with Crippen LogP contribution in [0.2, 0.25) is 5.02 Å². The van der Waals surface area contributed by atoms with Gasteiger partial charge in [0.25, 0.3) is 0 Å². The molecule has 4 heteroatoms. The summed E-state index contributed by atoms with van der Waals surface area (Å²) in [7, 11) is 0. The Kier molecular flexibility index (Phi) is 4.46. The van der Waals surface area contributed by atoms with E-state index >= 15 is 0 Å². The molecule has 114 valence electrons. The lowest BCUT2D eigenvalue weighted by Gasteiger charge is -2.16. The van der Waals surface area contributed by atoms with E-state index in [0.29, 0.717) is 11.5 Å². The summed E-state index contributed by atoms with van der Waals surface area (Å²) in [5, 5.41) is 9.84. The molecule has 0 amide bonds. The van der Waals surface area contributed by atoms with Crippen LogP contribution in [0.25, 0.3) is 0 Å². The molecule has 1 saturated heterocycles. The molecule has 1 N–H and O–H groups in total. The number of aromatic carboxylic acids is 1. The number of hydrogen-bond acceptors (Lipinski definition) is 2. The van der Waals surface area contributed by atoms with Crippen LogP contribution >= 0.6 is 11.6 Å². The molecule has 1 aliphatic rings. The third-order valence-electron chi connectivity index (χ3n) is 4.17. The molecule has 0 saturated carbocycles. The smallest absolute Gasteiger partial charge is 0.335 e. The van der Waals surface area contributed by atoms with Crippen molar-refractivity contribution in [3.05, 3.63) is 70.2 Å². The van der Waals surface area contributed by atoms with Crippen molar-refractivity contribution in [3.8, 4) is 0 Å². The monoisotopic (exact) mass is 315 g/mol. The minimum Gasteiger partial charge on any atom is -0.478 e. The largest absolute Gasteiger partial charge is 0.478 e. The van der Waals surface area contributed by atoms with E-state index in [-0.39, 0.29) is 0 Å². The molecule has 0 aromatic heterocycles. The van der Waals surface area contributed by atoms with Crippen molar-refractivity contribution in [2.45, 2.75) is 18.9 Å². The van der Waals surface area contributed by atoms with E-state index in [2.05, 4.69) is 11.0 Å². The first-order valence-corrected chi connectivity index (χ1v) is 7.79. The van der Waals surface area contributed by atoms with Crippen molar-refractivity contribution in [1.82, 2.24) is 4.90 Å². The highest BCUT2D eigenvalue weighted by Gasteiger charge is 2.24. The van der Waals surface area contributed by atoms with Crippen LogP contribution in [0.4, 0.5) is 0 Å². The Morgan fingerprint density at radius 1 is 1.23 bits per heavy atom. The highest BCUT2D eigenvalue weighted by molar-refractivity contribution is 6.30. The van der Waals surface area contributed by atoms with E-state index in [1.54, 1.807) is 12.1 Å². The summed E-state index contributed by atoms with van der Waals surface area (Å²) in [6.45, 7) is 2.80. The maximum absolute atomic E-state index is 11.0. The normalized spacial score (nSPS) is 18.5. The SMILES string of the molecule is O=C(O)c1cccc(CN2CCC(c3cccc(Cl)c3)C2)c1. The zero-order valence-corrected chi connectivity index (χ0v) is 13.0. The zero-order valence-electron chi connectivity index (χ0n) is 12.2. The topological polar surface area (TPSA) is 40.5 Å². The Morgan fingerprint density at radius 2 is 2.05 bits per heavy atom. The summed E-state index contributed by atoms with van der Waals surface area (Å²) in [5.41, 5.74) is 2.68. The average molecular weight is 316 g/mol. The number of hydrogen-bond donors (Lipinski definition) is 1. The molecule has 22 heavy (non-hydrogen) atoms. The molecule has 1 heterocycles. The van der Waals surface area contributed by atoms with Crippen molar-refractivity contribution >= 4 is 17.6 Å². The van der Waals surface area contributed by atoms with Gasteiger partial charge in [-0.05, 0) is 54.3 Å². The van der Waals surface area contributed by atoms with E-state index in [0.717, 1.165) is 36.6 Å². The highest BCUT2D eigenvalue weighted by Crippen LogP contribution is 2.29. The van der Waals surface area contributed by atoms with Gasteiger partial charge in [-0.3, -0.25) is 4.90 Å². The van der Waals surface area contributed by atoms with Gasteiger partial charge in [-0.2, -0.15) is 0 Å². The average Bonchev–Trinajstić information content (AvgIpc) is 2.96. The lowest BCUT2D eigenvalue weighted by molar-refractivity contribution is 0.0696. The predicted molar refractivity (Wildman–Crippen MR) is 87.5 cm³/mol. The molecule has 1 atom stereocenters. The number of benzene rings is 2. The van der Waals surface area contributed by atoms with E-state index in [1.165, 1.54) is 5.56 Å². The maximum Gasteiger partial charge on any atom is 0.335 e. The van der Waals surface area contributed by atoms with Crippen LogP contribution in [0.15, 0.2) is 48.5 Å². The molecule has 1 fully saturated rings. The van der Waals surface area contributed by atoms with E-state index in [1.807, 2.05) is 30.3 Å². The minimum absolute atomic E-state index is 0.350. The minimum atomic E-state index is -0.875. The Balaban J connectivity index is 1.66. The summed E-state index contributed by atoms with van der Waals surface area (Å²) in [6.07, 6.45) is 1.11. The van der Waals surface area contributed by atoms with E-state index in [9.17, 15) is 4.79 Å². The second-order valence-electron chi connectivity index (χ2n) is 5.78. The van der Waals surface area contributed by atoms with Gasteiger partial charge in [0, 0.05) is 18.1 Å². The second-order valence-corrected chi connectivity index (χ2v) is 6.22. The van der Waals surface area contributed by atoms with E-state index in [4.69, 9.17) is 16.7 Å². The van der Waals surface area contributed by atoms with Crippen molar-refractivity contribution in [2.24, 2.45) is 0 Å². The number of carboxylic acids is 1. The third-order valence-corrected chi connectivity index (χ3v) is 4.41. The van der Waals surface area contributed by atoms with Crippen molar-refractivity contribution in [2.75, 3.05) is 13.1 Å². The van der Waals surface area contributed by atoms with Crippen molar-refractivity contribution < 1.29 is 9.90 Å². The number of halogens is 1. The van der Waals surface area contributed by atoms with Crippen LogP contribution in [0, 0.1) is 0 Å². The van der Waals surface area contributed by atoms with Crippen LogP contribution in [0.1, 0.15) is 33.8 Å². The standard InChI is InChI=1S/C18H18ClNO2/c19-17-6-2-4-14(10-17)16-7-8-20(12-16)11-13-3-1-5-15(9-13)18(21)22/h1-6,9-10,16H,7-8,11-12H2,(H,21,22). The Hall–Kier alpha value is -1.84. The highest BCUT2D eigenvalue weighted by atomic mass is 35.5. The van der Waals surface area contributed by atoms with Gasteiger partial charge in [0.1, 0.15) is 0 Å². The van der Waals surface area contributed by atoms with Gasteiger partial charge in [-0.25, -0.2) is 4.79 Å². The van der Waals surface area contributed by atoms with Crippen molar-refractivity contribution in [1.29, 1.82) is 0 Å². The molecule has 3 nitrogen and oxygen atoms in total. The number of rotatable bonds is 4. The molecule has 2 aromatic rings. The van der Waals surface area contributed by atoms with Crippen LogP contribution < -0.4 is 0 Å². The first-order chi connectivity index (χ1) is 10.6. The van der Waals surface area contributed by atoms with Crippen LogP contribution in [-0.2, 0) is 6.54 Å². The fraction of sp³-hybridized carbons (Fsp3) is 0.278. The van der Waals surface area contributed by atoms with Gasteiger partial charge in [-0.15, -0.1) is 0 Å². The molecule has 2 aromatic carbocycles. The lowest BCUT2D eigenvalue weighted by Crippen LogP contribution is -2.20. The Bertz CT molecular complexity index is 686. The van der Waals surface area contributed by atoms with Crippen LogP contribution in [-0.4, -0.2) is 29.1 Å². The summed E-state index contributed by atoms with van der Waals surface area (Å²) < 4.78 is 0. The molecule has 0 spiro atoms. The molecule has 3 rings (SSSR count). The lowest BCUT2D eigenvalue weighted by atomic mass is 9.99. The molecular weight excluding hydrogens is 298 g/mol. The third kappa shape index (κ3) is 3.49. The summed E-state index contributed by atoms with van der Waals surface area (Å²) >= 11 is 6.07. The van der Waals surface area contributed by atoms with Crippen LogP contribution in [0.5, 0.6) is 0 Å². The number of nitrogens with zero attached hydrogens (tertiary/aromatic N) is 1. The second kappa shape index (κ2) is 6.51. The van der Waals surface area contributed by atoms with Gasteiger partial charge in [0.05, 0.1) is 5.56 Å². The molecule has 1 unspecified atom stereocenters. The summed E-state index contributed by atoms with van der Waals surface area (Å²) in [4.78, 5) is 13.4.